The number of benzene rings is 5. The van der Waals surface area contributed by atoms with E-state index >= 15 is 0 Å². The number of nitrogens with zero attached hydrogens (tertiary/aromatic N) is 3. The van der Waals surface area contributed by atoms with Crippen LogP contribution in [0.4, 0.5) is 17.2 Å². The molecule has 0 aliphatic heterocycles. The van der Waals surface area contributed by atoms with Crippen LogP contribution < -0.4 is 4.90 Å². The zero-order valence-electron chi connectivity index (χ0n) is 33.3. The molecule has 1 N–H and O–H groups in total. The van der Waals surface area contributed by atoms with Gasteiger partial charge in [-0.3, -0.25) is 4.90 Å². The van der Waals surface area contributed by atoms with E-state index in [2.05, 4.69) is 182 Å². The summed E-state index contributed by atoms with van der Waals surface area (Å²) in [6, 6.07) is 52.9. The summed E-state index contributed by atoms with van der Waals surface area (Å²) in [6.07, 6.45) is 1.83. The van der Waals surface area contributed by atoms with Crippen LogP contribution in [0.2, 0.25) is 0 Å². The molecule has 2 heterocycles. The van der Waals surface area contributed by atoms with E-state index in [-0.39, 0.29) is 22.0 Å². The van der Waals surface area contributed by atoms with Crippen LogP contribution in [0.5, 0.6) is 5.75 Å². The van der Waals surface area contributed by atoms with E-state index in [1.807, 2.05) is 36.5 Å². The second kappa shape index (κ2) is 14.7. The van der Waals surface area contributed by atoms with Gasteiger partial charge in [-0.15, -0.1) is 0 Å². The van der Waals surface area contributed by atoms with Crippen LogP contribution in [0.25, 0.3) is 33.6 Å². The van der Waals surface area contributed by atoms with E-state index < -0.39 is 0 Å². The van der Waals surface area contributed by atoms with E-state index in [4.69, 9.17) is 9.97 Å². The zero-order valence-corrected chi connectivity index (χ0v) is 33.3. The topological polar surface area (TPSA) is 49.2 Å². The predicted octanol–water partition coefficient (Wildman–Crippen LogP) is 13.6. The third-order valence-electron chi connectivity index (χ3n) is 10.6. The second-order valence-electron chi connectivity index (χ2n) is 17.0. The van der Waals surface area contributed by atoms with Crippen molar-refractivity contribution in [2.45, 2.75) is 71.6 Å². The molecule has 0 aliphatic carbocycles. The first-order valence-corrected chi connectivity index (χ1v) is 19.1. The number of hydrogen-bond donors (Lipinski definition) is 1. The van der Waals surface area contributed by atoms with Crippen molar-refractivity contribution < 1.29 is 5.11 Å². The molecule has 55 heavy (non-hydrogen) atoms. The Balaban J connectivity index is 1.54. The molecule has 0 atom stereocenters. The normalized spacial score (nSPS) is 12.1. The van der Waals surface area contributed by atoms with Gasteiger partial charge in [-0.05, 0) is 99.3 Å². The van der Waals surface area contributed by atoms with Gasteiger partial charge >= 0.3 is 0 Å². The van der Waals surface area contributed by atoms with Crippen molar-refractivity contribution in [2.24, 2.45) is 0 Å². The number of phenols is 1. The standard InChI is InChI=1S/C51H51N3O/c1-49(2,3)39-31-43(48(55)44(32-39)50(4,5)6)46-34-40(51(7,8)38-22-14-10-15-23-38)33-45(53-46)37-28-36(35-20-12-9-13-21-35)29-42(30-37)54(41-24-16-11-17-25-41)47-26-18-19-27-52-47/h9-34,55H,1-8H3. The first kappa shape index (κ1) is 37.3. The predicted molar refractivity (Wildman–Crippen MR) is 231 cm³/mol. The molecule has 0 saturated heterocycles. The third-order valence-corrected chi connectivity index (χ3v) is 10.6. The molecule has 7 aromatic rings. The van der Waals surface area contributed by atoms with Gasteiger partial charge in [0.2, 0.25) is 0 Å². The number of anilines is 3. The minimum atomic E-state index is -0.373. The molecule has 0 amide bonds. The van der Waals surface area contributed by atoms with Gasteiger partial charge in [-0.1, -0.05) is 146 Å². The molecular formula is C51H51N3O. The van der Waals surface area contributed by atoms with Crippen molar-refractivity contribution >= 4 is 17.2 Å². The summed E-state index contributed by atoms with van der Waals surface area (Å²) in [4.78, 5) is 12.5. The lowest BCUT2D eigenvalue weighted by Crippen LogP contribution is -2.20. The Morgan fingerprint density at radius 1 is 0.473 bits per heavy atom. The molecule has 0 aliphatic rings. The fourth-order valence-corrected chi connectivity index (χ4v) is 7.20. The minimum absolute atomic E-state index is 0.141. The molecule has 0 unspecified atom stereocenters. The van der Waals surface area contributed by atoms with E-state index in [1.165, 1.54) is 5.56 Å². The van der Waals surface area contributed by atoms with Gasteiger partial charge < -0.3 is 5.11 Å². The molecule has 0 spiro atoms. The summed E-state index contributed by atoms with van der Waals surface area (Å²) < 4.78 is 0. The summed E-state index contributed by atoms with van der Waals surface area (Å²) in [5.41, 5.74) is 11.0. The Morgan fingerprint density at radius 2 is 1.07 bits per heavy atom. The monoisotopic (exact) mass is 721 g/mol. The maximum Gasteiger partial charge on any atom is 0.137 e. The van der Waals surface area contributed by atoms with Crippen molar-refractivity contribution in [3.8, 4) is 39.4 Å². The number of para-hydroxylation sites is 1. The quantitative estimate of drug-likeness (QED) is 0.170. The van der Waals surface area contributed by atoms with E-state index in [0.29, 0.717) is 0 Å². The molecule has 0 fully saturated rings. The van der Waals surface area contributed by atoms with Crippen LogP contribution in [-0.4, -0.2) is 15.1 Å². The Bertz CT molecular complexity index is 2370. The van der Waals surface area contributed by atoms with Crippen molar-refractivity contribution in [2.75, 3.05) is 4.90 Å². The summed E-state index contributed by atoms with van der Waals surface area (Å²) in [7, 11) is 0. The lowest BCUT2D eigenvalue weighted by Gasteiger charge is -2.29. The average molecular weight is 722 g/mol. The van der Waals surface area contributed by atoms with Crippen molar-refractivity contribution in [3.05, 3.63) is 180 Å². The van der Waals surface area contributed by atoms with Gasteiger partial charge in [0.15, 0.2) is 0 Å². The molecule has 5 aromatic carbocycles. The summed E-state index contributed by atoms with van der Waals surface area (Å²) in [5.74, 6) is 1.09. The van der Waals surface area contributed by atoms with Crippen molar-refractivity contribution in [3.63, 3.8) is 0 Å². The SMILES string of the molecule is CC(C)(C)c1cc(-c2cc(C(C)(C)c3ccccc3)cc(-c3cc(-c4ccccc4)cc(N(c4ccccc4)c4ccccn4)c3)n2)c(O)c(C(C)(C)C)c1. The summed E-state index contributed by atoms with van der Waals surface area (Å²) in [6.45, 7) is 17.7. The Labute approximate surface area is 327 Å². The van der Waals surface area contributed by atoms with Crippen LogP contribution in [0, 0.1) is 0 Å². The Morgan fingerprint density at radius 3 is 1.69 bits per heavy atom. The molecule has 4 nitrogen and oxygen atoms in total. The maximum absolute atomic E-state index is 12.1. The largest absolute Gasteiger partial charge is 0.507 e. The number of phenolic OH excluding ortho intramolecular Hbond substituents is 1. The molecule has 7 rings (SSSR count). The smallest absolute Gasteiger partial charge is 0.137 e. The van der Waals surface area contributed by atoms with E-state index in [1.54, 1.807) is 0 Å². The third kappa shape index (κ3) is 7.82. The number of pyridine rings is 2. The van der Waals surface area contributed by atoms with E-state index in [0.717, 1.165) is 67.5 Å². The van der Waals surface area contributed by atoms with Gasteiger partial charge in [-0.25, -0.2) is 9.97 Å². The molecule has 0 bridgehead atoms. The molecule has 4 heteroatoms. The van der Waals surface area contributed by atoms with Gasteiger partial charge in [-0.2, -0.15) is 0 Å². The molecule has 276 valence electrons. The number of hydrogen-bond acceptors (Lipinski definition) is 4. The van der Waals surface area contributed by atoms with Gasteiger partial charge in [0.1, 0.15) is 11.6 Å². The highest BCUT2D eigenvalue weighted by Crippen LogP contribution is 2.45. The highest BCUT2D eigenvalue weighted by molar-refractivity contribution is 5.84. The molecule has 0 radical (unpaired) electrons. The van der Waals surface area contributed by atoms with Crippen LogP contribution in [0.15, 0.2) is 158 Å². The number of rotatable bonds is 8. The van der Waals surface area contributed by atoms with Crippen LogP contribution in [0.1, 0.15) is 77.6 Å². The zero-order chi connectivity index (χ0) is 39.0. The maximum atomic E-state index is 12.1. The lowest BCUT2D eigenvalue weighted by atomic mass is 9.76. The Kier molecular flexibility index (Phi) is 9.96. The molecule has 2 aromatic heterocycles. The van der Waals surface area contributed by atoms with Gasteiger partial charge in [0, 0.05) is 39.7 Å². The van der Waals surface area contributed by atoms with Crippen LogP contribution in [-0.2, 0) is 16.2 Å². The van der Waals surface area contributed by atoms with Gasteiger partial charge in [0.05, 0.1) is 11.4 Å². The Hall–Kier alpha value is -6.00. The second-order valence-corrected chi connectivity index (χ2v) is 17.0. The van der Waals surface area contributed by atoms with Gasteiger partial charge in [0.25, 0.3) is 0 Å². The van der Waals surface area contributed by atoms with E-state index in [9.17, 15) is 5.11 Å². The number of aromatic hydroxyl groups is 1. The summed E-state index contributed by atoms with van der Waals surface area (Å²) >= 11 is 0. The minimum Gasteiger partial charge on any atom is -0.507 e. The van der Waals surface area contributed by atoms with Crippen molar-refractivity contribution in [1.82, 2.24) is 9.97 Å². The highest BCUT2D eigenvalue weighted by atomic mass is 16.3. The average Bonchev–Trinajstić information content (AvgIpc) is 3.18. The summed E-state index contributed by atoms with van der Waals surface area (Å²) in [5, 5.41) is 12.1. The highest BCUT2D eigenvalue weighted by Gasteiger charge is 2.29. The fourth-order valence-electron chi connectivity index (χ4n) is 7.20. The first-order valence-electron chi connectivity index (χ1n) is 19.1. The molecule has 0 saturated carbocycles. The van der Waals surface area contributed by atoms with Crippen LogP contribution in [0.3, 0.4) is 0 Å². The number of aromatic nitrogens is 2. The van der Waals surface area contributed by atoms with Crippen molar-refractivity contribution in [1.29, 1.82) is 0 Å². The lowest BCUT2D eigenvalue weighted by molar-refractivity contribution is 0.446. The van der Waals surface area contributed by atoms with Crippen LogP contribution >= 0.6 is 0 Å². The molecular weight excluding hydrogens is 671 g/mol. The fraction of sp³-hybridized carbons (Fsp3) is 0.216. The first-order chi connectivity index (χ1) is 26.2.